The Labute approximate surface area is 85.6 Å². The van der Waals surface area contributed by atoms with Gasteiger partial charge in [0.2, 0.25) is 0 Å². The second-order valence-electron chi connectivity index (χ2n) is 2.25. The van der Waals surface area contributed by atoms with Gasteiger partial charge in [-0.1, -0.05) is 30.3 Å². The Morgan fingerprint density at radius 1 is 1.25 bits per heavy atom. The SMILES string of the molecule is O=S(=O)(Cc1ccccc1)OI. The van der Waals surface area contributed by atoms with E-state index >= 15 is 0 Å². The maximum atomic E-state index is 10.9. The van der Waals surface area contributed by atoms with E-state index in [4.69, 9.17) is 0 Å². The van der Waals surface area contributed by atoms with Gasteiger partial charge in [-0.3, -0.25) is 0 Å². The molecule has 12 heavy (non-hydrogen) atoms. The summed E-state index contributed by atoms with van der Waals surface area (Å²) >= 11 is 1.37. The summed E-state index contributed by atoms with van der Waals surface area (Å²) in [7, 11) is -3.39. The highest BCUT2D eigenvalue weighted by Crippen LogP contribution is 2.09. The van der Waals surface area contributed by atoms with Crippen LogP contribution in [0.5, 0.6) is 0 Å². The molecule has 1 rings (SSSR count). The number of rotatable bonds is 3. The highest BCUT2D eigenvalue weighted by atomic mass is 127. The maximum Gasteiger partial charge on any atom is 0.280 e. The van der Waals surface area contributed by atoms with Crippen LogP contribution in [0.4, 0.5) is 0 Å². The summed E-state index contributed by atoms with van der Waals surface area (Å²) in [4.78, 5) is 0. The summed E-state index contributed by atoms with van der Waals surface area (Å²) in [6, 6.07) is 8.90. The Kier molecular flexibility index (Phi) is 3.48. The second-order valence-corrected chi connectivity index (χ2v) is 4.86. The van der Waals surface area contributed by atoms with Crippen molar-refractivity contribution in [3.63, 3.8) is 0 Å². The van der Waals surface area contributed by atoms with E-state index in [0.717, 1.165) is 5.56 Å². The molecule has 66 valence electrons. The Morgan fingerprint density at radius 3 is 2.33 bits per heavy atom. The Balaban J connectivity index is 2.78. The standard InChI is InChI=1S/C7H7IO3S/c8-11-12(9,10)6-7-4-2-1-3-5-7/h1-5H,6H2. The summed E-state index contributed by atoms with van der Waals surface area (Å²) in [6.45, 7) is 0. The molecule has 5 heteroatoms. The molecule has 1 aromatic rings. The normalized spacial score (nSPS) is 11.4. The molecule has 0 aliphatic carbocycles. The first-order chi connectivity index (χ1) is 5.64. The highest BCUT2D eigenvalue weighted by molar-refractivity contribution is 14.1. The molecule has 0 saturated carbocycles. The fourth-order valence-corrected chi connectivity index (χ4v) is 1.83. The molecule has 0 aromatic heterocycles. The van der Waals surface area contributed by atoms with Crippen LogP contribution in [0, 0.1) is 0 Å². The van der Waals surface area contributed by atoms with Crippen molar-refractivity contribution in [3.05, 3.63) is 35.9 Å². The Bertz CT molecular complexity index is 333. The molecule has 0 heterocycles. The number of halogens is 1. The largest absolute Gasteiger partial charge is 0.280 e. The molecule has 0 fully saturated rings. The van der Waals surface area contributed by atoms with E-state index in [1.165, 1.54) is 23.0 Å². The second kappa shape index (κ2) is 4.20. The van der Waals surface area contributed by atoms with Crippen LogP contribution in [0.15, 0.2) is 30.3 Å². The van der Waals surface area contributed by atoms with Crippen LogP contribution < -0.4 is 0 Å². The number of hydrogen-bond acceptors (Lipinski definition) is 3. The monoisotopic (exact) mass is 298 g/mol. The van der Waals surface area contributed by atoms with E-state index in [9.17, 15) is 8.42 Å². The van der Waals surface area contributed by atoms with E-state index in [1.54, 1.807) is 24.3 Å². The molecule has 0 amide bonds. The molecule has 0 aliphatic rings. The molecular weight excluding hydrogens is 291 g/mol. The molecule has 0 atom stereocenters. The minimum Gasteiger partial charge on any atom is -0.199 e. The minimum atomic E-state index is -3.39. The van der Waals surface area contributed by atoms with Gasteiger partial charge in [0.1, 0.15) is 28.8 Å². The average Bonchev–Trinajstić information content (AvgIpc) is 2.06. The summed E-state index contributed by atoms with van der Waals surface area (Å²) in [5, 5.41) is 0. The van der Waals surface area contributed by atoms with Crippen molar-refractivity contribution in [1.29, 1.82) is 0 Å². The van der Waals surface area contributed by atoms with Crippen molar-refractivity contribution in [2.75, 3.05) is 0 Å². The summed E-state index contributed by atoms with van der Waals surface area (Å²) in [5.74, 6) is -0.0726. The van der Waals surface area contributed by atoms with Gasteiger partial charge in [-0.05, 0) is 5.56 Å². The first-order valence-electron chi connectivity index (χ1n) is 3.21. The summed E-state index contributed by atoms with van der Waals surface area (Å²) < 4.78 is 26.2. The molecule has 0 spiro atoms. The van der Waals surface area contributed by atoms with Gasteiger partial charge in [0, 0.05) is 0 Å². The van der Waals surface area contributed by atoms with Crippen LogP contribution in [-0.4, -0.2) is 8.42 Å². The molecule has 0 unspecified atom stereocenters. The maximum absolute atomic E-state index is 10.9. The fraction of sp³-hybridized carbons (Fsp3) is 0.143. The molecular formula is C7H7IO3S. The molecule has 3 nitrogen and oxygen atoms in total. The third-order valence-electron chi connectivity index (χ3n) is 1.28. The number of hydrogen-bond donors (Lipinski definition) is 0. The van der Waals surface area contributed by atoms with Crippen LogP contribution >= 0.6 is 23.0 Å². The first-order valence-corrected chi connectivity index (χ1v) is 5.67. The van der Waals surface area contributed by atoms with Crippen molar-refractivity contribution >= 4 is 33.1 Å². The molecule has 0 radical (unpaired) electrons. The Morgan fingerprint density at radius 2 is 1.83 bits per heavy atom. The summed E-state index contributed by atoms with van der Waals surface area (Å²) in [5.41, 5.74) is 0.731. The topological polar surface area (TPSA) is 43.4 Å². The highest BCUT2D eigenvalue weighted by Gasteiger charge is 2.09. The summed E-state index contributed by atoms with van der Waals surface area (Å²) in [6.07, 6.45) is 0. The van der Waals surface area contributed by atoms with Crippen molar-refractivity contribution in [1.82, 2.24) is 0 Å². The lowest BCUT2D eigenvalue weighted by atomic mass is 10.2. The van der Waals surface area contributed by atoms with Gasteiger partial charge >= 0.3 is 0 Å². The van der Waals surface area contributed by atoms with Crippen molar-refractivity contribution in [2.24, 2.45) is 0 Å². The lowest BCUT2D eigenvalue weighted by molar-refractivity contribution is 0.535. The lowest BCUT2D eigenvalue weighted by Gasteiger charge is -1.98. The zero-order valence-electron chi connectivity index (χ0n) is 6.10. The van der Waals surface area contributed by atoms with Gasteiger partial charge in [0.05, 0.1) is 0 Å². The van der Waals surface area contributed by atoms with Gasteiger partial charge in [-0.25, -0.2) is 0 Å². The van der Waals surface area contributed by atoms with Crippen LogP contribution in [0.3, 0.4) is 0 Å². The van der Waals surface area contributed by atoms with Gasteiger partial charge in [-0.15, -0.1) is 0 Å². The third kappa shape index (κ3) is 3.08. The smallest absolute Gasteiger partial charge is 0.199 e. The predicted octanol–water partition coefficient (Wildman–Crippen LogP) is 1.88. The van der Waals surface area contributed by atoms with E-state index < -0.39 is 10.1 Å². The molecule has 1 aromatic carbocycles. The van der Waals surface area contributed by atoms with Crippen molar-refractivity contribution in [3.8, 4) is 0 Å². The Hall–Kier alpha value is -0.140. The van der Waals surface area contributed by atoms with E-state index in [-0.39, 0.29) is 5.75 Å². The lowest BCUT2D eigenvalue weighted by Crippen LogP contribution is -2.02. The molecule has 0 aliphatic heterocycles. The number of benzene rings is 1. The van der Waals surface area contributed by atoms with E-state index in [2.05, 4.69) is 2.51 Å². The van der Waals surface area contributed by atoms with Crippen LogP contribution in [-0.2, 0) is 18.4 Å². The fourth-order valence-electron chi connectivity index (χ4n) is 0.801. The first kappa shape index (κ1) is 9.94. The molecule has 0 N–H and O–H groups in total. The van der Waals surface area contributed by atoms with Crippen LogP contribution in [0.2, 0.25) is 0 Å². The minimum absolute atomic E-state index is 0.0726. The van der Waals surface area contributed by atoms with E-state index in [1.807, 2.05) is 6.07 Å². The van der Waals surface area contributed by atoms with Crippen LogP contribution in [0.25, 0.3) is 0 Å². The predicted molar refractivity (Wildman–Crippen MR) is 54.2 cm³/mol. The van der Waals surface area contributed by atoms with Gasteiger partial charge < -0.3 is 0 Å². The zero-order chi connectivity index (χ0) is 9.03. The van der Waals surface area contributed by atoms with Gasteiger partial charge in [0.25, 0.3) is 10.1 Å². The van der Waals surface area contributed by atoms with Crippen molar-refractivity contribution in [2.45, 2.75) is 5.75 Å². The van der Waals surface area contributed by atoms with E-state index in [0.29, 0.717) is 0 Å². The van der Waals surface area contributed by atoms with Gasteiger partial charge in [0.15, 0.2) is 0 Å². The zero-order valence-corrected chi connectivity index (χ0v) is 9.08. The van der Waals surface area contributed by atoms with Crippen molar-refractivity contribution < 1.29 is 10.9 Å². The third-order valence-corrected chi connectivity index (χ3v) is 3.80. The molecule has 0 saturated heterocycles. The average molecular weight is 298 g/mol. The molecule has 0 bridgehead atoms. The quantitative estimate of drug-likeness (QED) is 0.800. The van der Waals surface area contributed by atoms with Crippen LogP contribution in [0.1, 0.15) is 5.56 Å². The van der Waals surface area contributed by atoms with Gasteiger partial charge in [-0.2, -0.15) is 10.9 Å².